The Balaban J connectivity index is 1.96. The minimum atomic E-state index is -0.763. The lowest BCUT2D eigenvalue weighted by molar-refractivity contribution is 0.0886. The molecule has 0 aliphatic carbocycles. The first-order chi connectivity index (χ1) is 13.9. The van der Waals surface area contributed by atoms with E-state index in [1.807, 2.05) is 0 Å². The second kappa shape index (κ2) is 6.86. The summed E-state index contributed by atoms with van der Waals surface area (Å²) in [4.78, 5) is 34.6. The molecule has 0 aromatic carbocycles. The fourth-order valence-corrected chi connectivity index (χ4v) is 4.17. The van der Waals surface area contributed by atoms with Gasteiger partial charge in [0.25, 0.3) is 11.5 Å². The Morgan fingerprint density at radius 1 is 1.28 bits per heavy atom. The largest absolute Gasteiger partial charge is 0.383 e. The van der Waals surface area contributed by atoms with Crippen molar-refractivity contribution in [1.82, 2.24) is 25.2 Å². The number of hydrogen-bond acceptors (Lipinski definition) is 8. The highest BCUT2D eigenvalue weighted by atomic mass is 16.2. The zero-order valence-electron chi connectivity index (χ0n) is 16.3. The van der Waals surface area contributed by atoms with Crippen molar-refractivity contribution in [2.45, 2.75) is 38.8 Å². The van der Waals surface area contributed by atoms with Crippen LogP contribution in [0, 0.1) is 25.2 Å². The molecular formula is C19H22N8O2. The first-order valence-corrected chi connectivity index (χ1v) is 9.43. The number of nitriles is 1. The van der Waals surface area contributed by atoms with Crippen LogP contribution < -0.4 is 27.2 Å². The monoisotopic (exact) mass is 394 g/mol. The number of anilines is 3. The van der Waals surface area contributed by atoms with Crippen LogP contribution in [0.5, 0.6) is 0 Å². The minimum absolute atomic E-state index is 0.0152. The summed E-state index contributed by atoms with van der Waals surface area (Å²) in [5.41, 5.74) is 7.02. The number of rotatable bonds is 3. The fraction of sp³-hybridized carbons (Fsp3) is 0.421. The lowest BCUT2D eigenvalue weighted by Gasteiger charge is -2.36. The lowest BCUT2D eigenvalue weighted by Crippen LogP contribution is -2.53. The topological polar surface area (TPSA) is 151 Å². The van der Waals surface area contributed by atoms with Crippen molar-refractivity contribution in [3.63, 3.8) is 0 Å². The smallest absolute Gasteiger partial charge is 0.277 e. The molecule has 10 heteroatoms. The number of nitrogens with two attached hydrogens (primary N) is 1. The number of aromatic nitrogens is 3. The van der Waals surface area contributed by atoms with Gasteiger partial charge < -0.3 is 21.7 Å². The molecule has 2 aromatic rings. The van der Waals surface area contributed by atoms with E-state index in [0.29, 0.717) is 60.0 Å². The molecule has 4 rings (SSSR count). The molecule has 2 aliphatic rings. The molecule has 0 bridgehead atoms. The molecule has 1 spiro atoms. The fourth-order valence-electron chi connectivity index (χ4n) is 4.17. The summed E-state index contributed by atoms with van der Waals surface area (Å²) in [6.07, 6.45) is 2.49. The molecular weight excluding hydrogens is 372 g/mol. The SMILES string of the molecule is Cc1c(N)ncnc1Nc1c(CC#N)c(C)c2n(c1=O)C1(CCNCC1)NC2=O. The maximum absolute atomic E-state index is 13.6. The Labute approximate surface area is 167 Å². The van der Waals surface area contributed by atoms with Gasteiger partial charge in [-0.2, -0.15) is 5.26 Å². The van der Waals surface area contributed by atoms with Crippen LogP contribution in [0.25, 0.3) is 0 Å². The van der Waals surface area contributed by atoms with Crippen LogP contribution in [0.3, 0.4) is 0 Å². The van der Waals surface area contributed by atoms with Crippen LogP contribution in [0.4, 0.5) is 17.3 Å². The van der Waals surface area contributed by atoms with Crippen LogP contribution in [0.15, 0.2) is 11.1 Å². The van der Waals surface area contributed by atoms with Gasteiger partial charge in [0.2, 0.25) is 0 Å². The highest BCUT2D eigenvalue weighted by Gasteiger charge is 2.46. The Morgan fingerprint density at radius 2 is 2.00 bits per heavy atom. The number of nitrogen functional groups attached to an aromatic ring is 1. The average Bonchev–Trinajstić information content (AvgIpc) is 2.98. The van der Waals surface area contributed by atoms with E-state index in [0.717, 1.165) is 0 Å². The summed E-state index contributed by atoms with van der Waals surface area (Å²) in [5, 5.41) is 18.7. The summed E-state index contributed by atoms with van der Waals surface area (Å²) in [6.45, 7) is 4.90. The number of carbonyl (C=O) groups is 1. The number of nitrogens with one attached hydrogen (secondary N) is 3. The molecule has 29 heavy (non-hydrogen) atoms. The van der Waals surface area contributed by atoms with E-state index in [1.165, 1.54) is 6.33 Å². The summed E-state index contributed by atoms with van der Waals surface area (Å²) in [6, 6.07) is 2.09. The van der Waals surface area contributed by atoms with Crippen molar-refractivity contribution in [3.05, 3.63) is 39.1 Å². The second-order valence-corrected chi connectivity index (χ2v) is 7.40. The number of carbonyl (C=O) groups excluding carboxylic acids is 1. The highest BCUT2D eigenvalue weighted by Crippen LogP contribution is 2.34. The maximum Gasteiger partial charge on any atom is 0.277 e. The van der Waals surface area contributed by atoms with E-state index >= 15 is 0 Å². The van der Waals surface area contributed by atoms with Crippen LogP contribution in [0.1, 0.15) is 40.0 Å². The van der Waals surface area contributed by atoms with Gasteiger partial charge >= 0.3 is 0 Å². The van der Waals surface area contributed by atoms with Gasteiger partial charge in [-0.3, -0.25) is 14.2 Å². The van der Waals surface area contributed by atoms with Gasteiger partial charge in [0.15, 0.2) is 0 Å². The van der Waals surface area contributed by atoms with E-state index in [9.17, 15) is 14.9 Å². The predicted molar refractivity (Wildman–Crippen MR) is 107 cm³/mol. The molecule has 4 heterocycles. The van der Waals surface area contributed by atoms with Gasteiger partial charge in [-0.25, -0.2) is 9.97 Å². The summed E-state index contributed by atoms with van der Waals surface area (Å²) in [7, 11) is 0. The van der Waals surface area contributed by atoms with E-state index in [2.05, 4.69) is 32.0 Å². The standard InChI is InChI=1S/C19H22N8O2/c1-10-12(3-6-20)13(25-16-11(2)15(21)23-9-24-16)18(29)27-14(10)17(28)26-19(27)4-7-22-8-5-19/h9,22H,3-5,7-8H2,1-2H3,(H,26,28)(H3,21,23,24,25). The molecule has 150 valence electrons. The molecule has 0 radical (unpaired) electrons. The molecule has 2 aliphatic heterocycles. The number of nitrogens with zero attached hydrogens (tertiary/aromatic N) is 4. The van der Waals surface area contributed by atoms with E-state index in [4.69, 9.17) is 5.73 Å². The van der Waals surface area contributed by atoms with Crippen LogP contribution >= 0.6 is 0 Å². The number of amides is 1. The first-order valence-electron chi connectivity index (χ1n) is 9.43. The Kier molecular flexibility index (Phi) is 4.47. The van der Waals surface area contributed by atoms with Crippen LogP contribution in [-0.4, -0.2) is 33.5 Å². The minimum Gasteiger partial charge on any atom is -0.383 e. The van der Waals surface area contributed by atoms with E-state index < -0.39 is 5.66 Å². The van der Waals surface area contributed by atoms with E-state index in [1.54, 1.807) is 18.4 Å². The molecule has 10 nitrogen and oxygen atoms in total. The molecule has 0 atom stereocenters. The first kappa shape index (κ1) is 18.9. The molecule has 0 unspecified atom stereocenters. The van der Waals surface area contributed by atoms with Crippen molar-refractivity contribution < 1.29 is 4.79 Å². The Bertz CT molecular complexity index is 1110. The Morgan fingerprint density at radius 3 is 2.69 bits per heavy atom. The maximum atomic E-state index is 13.6. The number of fused-ring (bicyclic) bond motifs is 2. The van der Waals surface area contributed by atoms with Gasteiger partial charge in [-0.05, 0) is 32.5 Å². The zero-order valence-corrected chi connectivity index (χ0v) is 16.3. The summed E-state index contributed by atoms with van der Waals surface area (Å²) in [5.74, 6) is 0.411. The number of pyridine rings is 1. The van der Waals surface area contributed by atoms with Gasteiger partial charge in [0.05, 0.1) is 12.5 Å². The molecule has 1 amide bonds. The van der Waals surface area contributed by atoms with Crippen LogP contribution in [0.2, 0.25) is 0 Å². The van der Waals surface area contributed by atoms with Crippen molar-refractivity contribution >= 4 is 23.2 Å². The van der Waals surface area contributed by atoms with Crippen molar-refractivity contribution in [1.29, 1.82) is 5.26 Å². The molecule has 1 saturated heterocycles. The van der Waals surface area contributed by atoms with Crippen molar-refractivity contribution in [3.8, 4) is 6.07 Å². The zero-order chi connectivity index (χ0) is 20.8. The number of hydrogen-bond donors (Lipinski definition) is 4. The summed E-state index contributed by atoms with van der Waals surface area (Å²) >= 11 is 0. The van der Waals surface area contributed by atoms with Gasteiger partial charge in [-0.15, -0.1) is 0 Å². The highest BCUT2D eigenvalue weighted by molar-refractivity contribution is 5.97. The third kappa shape index (κ3) is 2.82. The molecule has 0 saturated carbocycles. The summed E-state index contributed by atoms with van der Waals surface area (Å²) < 4.78 is 1.56. The quantitative estimate of drug-likeness (QED) is 0.585. The molecule has 1 fully saturated rings. The van der Waals surface area contributed by atoms with Crippen LogP contribution in [-0.2, 0) is 12.1 Å². The Hall–Kier alpha value is -3.45. The second-order valence-electron chi connectivity index (χ2n) is 7.40. The normalized spacial score (nSPS) is 16.9. The van der Waals surface area contributed by atoms with Crippen molar-refractivity contribution in [2.24, 2.45) is 0 Å². The predicted octanol–water partition coefficient (Wildman–Crippen LogP) is 0.427. The average molecular weight is 394 g/mol. The van der Waals surface area contributed by atoms with E-state index in [-0.39, 0.29) is 23.6 Å². The van der Waals surface area contributed by atoms with Gasteiger partial charge in [-0.1, -0.05) is 0 Å². The molecule has 5 N–H and O–H groups in total. The van der Waals surface area contributed by atoms with Crippen molar-refractivity contribution in [2.75, 3.05) is 24.1 Å². The molecule has 2 aromatic heterocycles. The third-order valence-electron chi connectivity index (χ3n) is 5.79. The third-order valence-corrected chi connectivity index (χ3v) is 5.79. The van der Waals surface area contributed by atoms with Gasteiger partial charge in [0, 0.05) is 24.0 Å². The lowest BCUT2D eigenvalue weighted by atomic mass is 9.97. The number of piperidine rings is 1. The van der Waals surface area contributed by atoms with Gasteiger partial charge in [0.1, 0.15) is 35.0 Å².